The number of aromatic nitrogens is 3. The van der Waals surface area contributed by atoms with Gasteiger partial charge in [0, 0.05) is 31.7 Å². The summed E-state index contributed by atoms with van der Waals surface area (Å²) in [6, 6.07) is 3.71. The Hall–Kier alpha value is -2.41. The lowest BCUT2D eigenvalue weighted by molar-refractivity contribution is 0.0808. The molecule has 3 rings (SSSR count). The SMILES string of the molecule is CCC1(CO)CCCN1C(=O)NCc1ccc(-n2ccnc2)nc1. The lowest BCUT2D eigenvalue weighted by Gasteiger charge is -2.36. The van der Waals surface area contributed by atoms with Crippen molar-refractivity contribution in [2.45, 2.75) is 38.3 Å². The third kappa shape index (κ3) is 3.12. The van der Waals surface area contributed by atoms with Crippen molar-refractivity contribution < 1.29 is 9.90 Å². The summed E-state index contributed by atoms with van der Waals surface area (Å²) in [5.74, 6) is 0.785. The van der Waals surface area contributed by atoms with E-state index in [1.807, 2.05) is 29.8 Å². The van der Waals surface area contributed by atoms with E-state index in [0.29, 0.717) is 13.1 Å². The highest BCUT2D eigenvalue weighted by molar-refractivity contribution is 5.75. The molecule has 0 radical (unpaired) electrons. The smallest absolute Gasteiger partial charge is 0.318 e. The van der Waals surface area contributed by atoms with Crippen LogP contribution in [0.5, 0.6) is 0 Å². The molecule has 2 amide bonds. The number of amides is 2. The van der Waals surface area contributed by atoms with Gasteiger partial charge in [-0.05, 0) is 30.9 Å². The van der Waals surface area contributed by atoms with Crippen LogP contribution in [0.15, 0.2) is 37.1 Å². The van der Waals surface area contributed by atoms with E-state index in [1.165, 1.54) is 0 Å². The molecule has 1 atom stereocenters. The average Bonchev–Trinajstić information content (AvgIpc) is 3.30. The molecule has 1 fully saturated rings. The molecule has 3 heterocycles. The Morgan fingerprint density at radius 2 is 2.33 bits per heavy atom. The molecule has 7 nitrogen and oxygen atoms in total. The average molecular weight is 329 g/mol. The molecule has 1 aliphatic rings. The molecule has 0 aliphatic carbocycles. The lowest BCUT2D eigenvalue weighted by atomic mass is 9.94. The summed E-state index contributed by atoms with van der Waals surface area (Å²) < 4.78 is 1.82. The summed E-state index contributed by atoms with van der Waals surface area (Å²) in [5, 5.41) is 12.6. The summed E-state index contributed by atoms with van der Waals surface area (Å²) in [6.45, 7) is 3.13. The van der Waals surface area contributed by atoms with Crippen molar-refractivity contribution in [1.29, 1.82) is 0 Å². The van der Waals surface area contributed by atoms with Crippen LogP contribution in [-0.4, -0.2) is 49.3 Å². The van der Waals surface area contributed by atoms with Crippen molar-refractivity contribution in [2.75, 3.05) is 13.2 Å². The van der Waals surface area contributed by atoms with E-state index >= 15 is 0 Å². The van der Waals surface area contributed by atoms with E-state index in [1.54, 1.807) is 23.6 Å². The van der Waals surface area contributed by atoms with Crippen LogP contribution in [0.4, 0.5) is 4.79 Å². The van der Waals surface area contributed by atoms with Gasteiger partial charge in [0.25, 0.3) is 0 Å². The minimum absolute atomic E-state index is 0.0120. The van der Waals surface area contributed by atoms with Gasteiger partial charge in [-0.25, -0.2) is 14.8 Å². The number of rotatable bonds is 5. The van der Waals surface area contributed by atoms with E-state index in [9.17, 15) is 9.90 Å². The first-order valence-corrected chi connectivity index (χ1v) is 8.28. The Labute approximate surface area is 141 Å². The summed E-state index contributed by atoms with van der Waals surface area (Å²) >= 11 is 0. The normalized spacial score (nSPS) is 20.3. The van der Waals surface area contributed by atoms with Crippen LogP contribution in [-0.2, 0) is 6.54 Å². The van der Waals surface area contributed by atoms with Gasteiger partial charge in [0.1, 0.15) is 12.1 Å². The maximum atomic E-state index is 12.5. The van der Waals surface area contributed by atoms with Gasteiger partial charge in [-0.2, -0.15) is 0 Å². The number of hydrogen-bond acceptors (Lipinski definition) is 4. The highest BCUT2D eigenvalue weighted by Crippen LogP contribution is 2.31. The Morgan fingerprint density at radius 3 is 2.96 bits per heavy atom. The van der Waals surface area contributed by atoms with Crippen LogP contribution in [0.2, 0.25) is 0 Å². The zero-order valence-electron chi connectivity index (χ0n) is 13.9. The first-order chi connectivity index (χ1) is 11.7. The van der Waals surface area contributed by atoms with Gasteiger partial charge in [-0.3, -0.25) is 4.57 Å². The van der Waals surface area contributed by atoms with Crippen LogP contribution >= 0.6 is 0 Å². The number of hydrogen-bond donors (Lipinski definition) is 2. The summed E-state index contributed by atoms with van der Waals surface area (Å²) in [7, 11) is 0. The summed E-state index contributed by atoms with van der Waals surface area (Å²) in [6.07, 6.45) is 9.52. The molecule has 0 aromatic carbocycles. The van der Waals surface area contributed by atoms with E-state index in [-0.39, 0.29) is 12.6 Å². The van der Waals surface area contributed by atoms with Gasteiger partial charge in [0.05, 0.1) is 12.1 Å². The Balaban J connectivity index is 1.60. The Bertz CT molecular complexity index is 665. The number of aliphatic hydroxyl groups is 1. The van der Waals surface area contributed by atoms with Crippen LogP contribution < -0.4 is 5.32 Å². The topological polar surface area (TPSA) is 83.3 Å². The largest absolute Gasteiger partial charge is 0.394 e. The number of nitrogens with one attached hydrogen (secondary N) is 1. The van der Waals surface area contributed by atoms with Crippen LogP contribution in [0.25, 0.3) is 5.82 Å². The van der Waals surface area contributed by atoms with Crippen molar-refractivity contribution >= 4 is 6.03 Å². The summed E-state index contributed by atoms with van der Waals surface area (Å²) in [5.41, 5.74) is 0.519. The van der Waals surface area contributed by atoms with Crippen molar-refractivity contribution in [3.8, 4) is 5.82 Å². The first-order valence-electron chi connectivity index (χ1n) is 8.28. The minimum Gasteiger partial charge on any atom is -0.394 e. The minimum atomic E-state index is -0.409. The number of pyridine rings is 1. The van der Waals surface area contributed by atoms with Crippen LogP contribution in [0, 0.1) is 0 Å². The van der Waals surface area contributed by atoms with Gasteiger partial charge in [0.15, 0.2) is 0 Å². The molecule has 0 saturated carbocycles. The second kappa shape index (κ2) is 7.00. The molecule has 128 valence electrons. The maximum absolute atomic E-state index is 12.5. The predicted molar refractivity (Wildman–Crippen MR) is 89.6 cm³/mol. The molecule has 0 bridgehead atoms. The number of aliphatic hydroxyl groups excluding tert-OH is 1. The highest BCUT2D eigenvalue weighted by Gasteiger charge is 2.41. The lowest BCUT2D eigenvalue weighted by Crippen LogP contribution is -2.53. The molecular weight excluding hydrogens is 306 g/mol. The molecular formula is C17H23N5O2. The van der Waals surface area contributed by atoms with Crippen molar-refractivity contribution in [3.05, 3.63) is 42.6 Å². The number of imidazole rings is 1. The molecule has 7 heteroatoms. The van der Waals surface area contributed by atoms with Gasteiger partial charge >= 0.3 is 6.03 Å². The zero-order chi connectivity index (χ0) is 17.0. The number of carbonyl (C=O) groups is 1. The molecule has 0 spiro atoms. The Kier molecular flexibility index (Phi) is 4.80. The monoisotopic (exact) mass is 329 g/mol. The first kappa shape index (κ1) is 16.4. The van der Waals surface area contributed by atoms with Gasteiger partial charge in [-0.15, -0.1) is 0 Å². The zero-order valence-corrected chi connectivity index (χ0v) is 13.9. The van der Waals surface area contributed by atoms with Gasteiger partial charge in [0.2, 0.25) is 0 Å². The highest BCUT2D eigenvalue weighted by atomic mass is 16.3. The molecule has 1 saturated heterocycles. The number of likely N-dealkylation sites (tertiary alicyclic amines) is 1. The molecule has 2 aromatic rings. The van der Waals surface area contributed by atoms with E-state index in [2.05, 4.69) is 15.3 Å². The van der Waals surface area contributed by atoms with Crippen molar-refractivity contribution in [3.63, 3.8) is 0 Å². The second-order valence-corrected chi connectivity index (χ2v) is 6.14. The third-order valence-electron chi connectivity index (χ3n) is 4.82. The molecule has 24 heavy (non-hydrogen) atoms. The quantitative estimate of drug-likeness (QED) is 0.875. The molecule has 1 aliphatic heterocycles. The van der Waals surface area contributed by atoms with Crippen LogP contribution in [0.1, 0.15) is 31.7 Å². The number of carbonyl (C=O) groups excluding carboxylic acids is 1. The fraction of sp³-hybridized carbons (Fsp3) is 0.471. The Morgan fingerprint density at radius 1 is 1.46 bits per heavy atom. The summed E-state index contributed by atoms with van der Waals surface area (Å²) in [4.78, 5) is 22.6. The predicted octanol–water partition coefficient (Wildman–Crippen LogP) is 1.71. The van der Waals surface area contributed by atoms with Crippen LogP contribution in [0.3, 0.4) is 0 Å². The van der Waals surface area contributed by atoms with Gasteiger partial charge < -0.3 is 15.3 Å². The molecule has 2 N–H and O–H groups in total. The maximum Gasteiger partial charge on any atom is 0.318 e. The standard InChI is InChI=1S/C17H23N5O2/c1-2-17(12-23)6-3-8-22(17)16(24)20-11-14-4-5-15(19-10-14)21-9-7-18-13-21/h4-5,7,9-10,13,23H,2-3,6,8,11-12H2,1H3,(H,20,24). The second-order valence-electron chi connectivity index (χ2n) is 6.14. The van der Waals surface area contributed by atoms with E-state index in [0.717, 1.165) is 30.6 Å². The van der Waals surface area contributed by atoms with Crippen molar-refractivity contribution in [2.24, 2.45) is 0 Å². The van der Waals surface area contributed by atoms with E-state index < -0.39 is 5.54 Å². The molecule has 2 aromatic heterocycles. The third-order valence-corrected chi connectivity index (χ3v) is 4.82. The van der Waals surface area contributed by atoms with Gasteiger partial charge in [-0.1, -0.05) is 13.0 Å². The van der Waals surface area contributed by atoms with E-state index in [4.69, 9.17) is 0 Å². The fourth-order valence-corrected chi connectivity index (χ4v) is 3.24. The number of nitrogens with zero attached hydrogens (tertiary/aromatic N) is 4. The fourth-order valence-electron chi connectivity index (χ4n) is 3.24. The molecule has 1 unspecified atom stereocenters. The number of urea groups is 1. The van der Waals surface area contributed by atoms with Crippen molar-refractivity contribution in [1.82, 2.24) is 24.8 Å².